The second-order valence-corrected chi connectivity index (χ2v) is 6.13. The summed E-state index contributed by atoms with van der Waals surface area (Å²) in [6.07, 6.45) is 2.13. The van der Waals surface area contributed by atoms with Crippen LogP contribution in [0.2, 0.25) is 0 Å². The van der Waals surface area contributed by atoms with E-state index in [9.17, 15) is 4.79 Å². The van der Waals surface area contributed by atoms with Crippen molar-refractivity contribution in [3.63, 3.8) is 0 Å². The van der Waals surface area contributed by atoms with E-state index in [1.807, 2.05) is 25.1 Å². The number of nitrogens with one attached hydrogen (secondary N) is 1. The van der Waals surface area contributed by atoms with Gasteiger partial charge in [-0.25, -0.2) is 4.98 Å². The first-order valence-electron chi connectivity index (χ1n) is 7.93. The Morgan fingerprint density at radius 1 is 1.38 bits per heavy atom. The summed E-state index contributed by atoms with van der Waals surface area (Å²) in [4.78, 5) is 22.7. The van der Waals surface area contributed by atoms with Crippen molar-refractivity contribution in [3.05, 3.63) is 41.6 Å². The van der Waals surface area contributed by atoms with Crippen molar-refractivity contribution in [2.45, 2.75) is 26.3 Å². The molecule has 7 nitrogen and oxygen atoms in total. The summed E-state index contributed by atoms with van der Waals surface area (Å²) < 4.78 is 10.8. The molecular formula is C17H18N4O3. The van der Waals surface area contributed by atoms with Crippen molar-refractivity contribution in [1.82, 2.24) is 14.9 Å². The number of carbonyl (C=O) groups excluding carboxylic acids is 1. The molecule has 3 heterocycles. The predicted molar refractivity (Wildman–Crippen MR) is 87.9 cm³/mol. The third kappa shape index (κ3) is 2.62. The van der Waals surface area contributed by atoms with Crippen LogP contribution < -0.4 is 5.32 Å². The number of carbonyl (C=O) groups is 1. The molecule has 0 bridgehead atoms. The fraction of sp³-hybridized carbons (Fsp3) is 0.353. The third-order valence-corrected chi connectivity index (χ3v) is 4.29. The molecule has 1 N–H and O–H groups in total. The summed E-state index contributed by atoms with van der Waals surface area (Å²) in [5, 5.41) is 3.28. The summed E-state index contributed by atoms with van der Waals surface area (Å²) in [5.41, 5.74) is 3.12. The molecule has 1 aromatic carbocycles. The molecule has 124 valence electrons. The Bertz CT molecular complexity index is 898. The van der Waals surface area contributed by atoms with Gasteiger partial charge in [-0.2, -0.15) is 4.98 Å². The number of nitrogens with zero attached hydrogens (tertiary/aromatic N) is 3. The van der Waals surface area contributed by atoms with Gasteiger partial charge >= 0.3 is 0 Å². The highest BCUT2D eigenvalue weighted by molar-refractivity contribution is 5.93. The number of hydrogen-bond acceptors (Lipinski definition) is 6. The van der Waals surface area contributed by atoms with Gasteiger partial charge in [0.1, 0.15) is 11.3 Å². The third-order valence-electron chi connectivity index (χ3n) is 4.29. The highest BCUT2D eigenvalue weighted by Crippen LogP contribution is 2.23. The summed E-state index contributed by atoms with van der Waals surface area (Å²) in [6.45, 7) is 5.02. The largest absolute Gasteiger partial charge is 0.448 e. The minimum Gasteiger partial charge on any atom is -0.448 e. The molecule has 1 aliphatic heterocycles. The maximum Gasteiger partial charge on any atom is 0.295 e. The van der Waals surface area contributed by atoms with E-state index in [4.69, 9.17) is 8.83 Å². The Labute approximate surface area is 138 Å². The lowest BCUT2D eigenvalue weighted by Crippen LogP contribution is -2.32. The minimum absolute atomic E-state index is 0.0984. The summed E-state index contributed by atoms with van der Waals surface area (Å²) >= 11 is 0. The number of hydrogen-bond donors (Lipinski definition) is 1. The van der Waals surface area contributed by atoms with E-state index in [0.29, 0.717) is 30.6 Å². The first-order valence-corrected chi connectivity index (χ1v) is 7.93. The van der Waals surface area contributed by atoms with Crippen LogP contribution in [0.4, 0.5) is 6.01 Å². The molecule has 1 saturated heterocycles. The standard InChI is InChI=1S/C17H18N4O3/c1-10-3-4-14-13(7-10)20-17(24-14)19-12-5-6-21(8-12)16(22)15-11(2)23-9-18-15/h3-4,7,9,12H,5-6,8H2,1-2H3,(H,19,20)/t12-/m0/s1. The molecule has 3 aromatic rings. The average Bonchev–Trinajstić information content (AvgIpc) is 3.26. The zero-order valence-electron chi connectivity index (χ0n) is 13.6. The fourth-order valence-electron chi connectivity index (χ4n) is 3.00. The number of amides is 1. The van der Waals surface area contributed by atoms with Gasteiger partial charge in [-0.3, -0.25) is 4.79 Å². The Balaban J connectivity index is 1.44. The van der Waals surface area contributed by atoms with Crippen LogP contribution in [-0.4, -0.2) is 39.9 Å². The van der Waals surface area contributed by atoms with Crippen molar-refractivity contribution >= 4 is 23.0 Å². The SMILES string of the molecule is Cc1ccc2oc(N[C@H]3CCN(C(=O)c4ncoc4C)C3)nc2c1. The van der Waals surface area contributed by atoms with E-state index in [1.54, 1.807) is 11.8 Å². The van der Waals surface area contributed by atoms with Crippen LogP contribution in [0.25, 0.3) is 11.1 Å². The van der Waals surface area contributed by atoms with Crippen molar-refractivity contribution in [3.8, 4) is 0 Å². The van der Waals surface area contributed by atoms with Crippen molar-refractivity contribution in [2.75, 3.05) is 18.4 Å². The van der Waals surface area contributed by atoms with E-state index in [1.165, 1.54) is 6.39 Å². The normalized spacial score (nSPS) is 17.6. The smallest absolute Gasteiger partial charge is 0.295 e. The molecule has 4 rings (SSSR count). The van der Waals surface area contributed by atoms with Gasteiger partial charge in [-0.1, -0.05) is 6.07 Å². The maximum atomic E-state index is 12.4. The summed E-state index contributed by atoms with van der Waals surface area (Å²) in [7, 11) is 0. The van der Waals surface area contributed by atoms with Crippen molar-refractivity contribution in [2.24, 2.45) is 0 Å². The Kier molecular flexibility index (Phi) is 3.48. The van der Waals surface area contributed by atoms with Crippen molar-refractivity contribution in [1.29, 1.82) is 0 Å². The first-order chi connectivity index (χ1) is 11.6. The summed E-state index contributed by atoms with van der Waals surface area (Å²) in [6, 6.07) is 6.50. The lowest BCUT2D eigenvalue weighted by molar-refractivity contribution is 0.0784. The maximum absolute atomic E-state index is 12.4. The molecule has 0 saturated carbocycles. The quantitative estimate of drug-likeness (QED) is 0.796. The van der Waals surface area contributed by atoms with Gasteiger partial charge in [0.2, 0.25) is 0 Å². The molecule has 2 aromatic heterocycles. The highest BCUT2D eigenvalue weighted by Gasteiger charge is 2.30. The zero-order chi connectivity index (χ0) is 16.7. The topological polar surface area (TPSA) is 84.4 Å². The molecule has 0 aliphatic carbocycles. The van der Waals surface area contributed by atoms with E-state index < -0.39 is 0 Å². The predicted octanol–water partition coefficient (Wildman–Crippen LogP) is 2.76. The monoisotopic (exact) mass is 326 g/mol. The molecule has 24 heavy (non-hydrogen) atoms. The lowest BCUT2D eigenvalue weighted by Gasteiger charge is -2.15. The molecule has 1 atom stereocenters. The highest BCUT2D eigenvalue weighted by atomic mass is 16.4. The van der Waals surface area contributed by atoms with Crippen LogP contribution in [0.15, 0.2) is 33.4 Å². The zero-order valence-corrected chi connectivity index (χ0v) is 13.6. The number of anilines is 1. The van der Waals surface area contributed by atoms with Crippen LogP contribution in [0.3, 0.4) is 0 Å². The van der Waals surface area contributed by atoms with Crippen molar-refractivity contribution < 1.29 is 13.6 Å². The second-order valence-electron chi connectivity index (χ2n) is 6.13. The van der Waals surface area contributed by atoms with Crippen LogP contribution >= 0.6 is 0 Å². The number of fused-ring (bicyclic) bond motifs is 1. The van der Waals surface area contributed by atoms with Gasteiger partial charge in [0.15, 0.2) is 17.7 Å². The molecular weight excluding hydrogens is 308 g/mol. The average molecular weight is 326 g/mol. The van der Waals surface area contributed by atoms with E-state index in [0.717, 1.165) is 23.1 Å². The van der Waals surface area contributed by atoms with Crippen LogP contribution in [-0.2, 0) is 0 Å². The van der Waals surface area contributed by atoms with E-state index in [-0.39, 0.29) is 11.9 Å². The lowest BCUT2D eigenvalue weighted by atomic mass is 10.2. The number of benzene rings is 1. The van der Waals surface area contributed by atoms with E-state index >= 15 is 0 Å². The second kappa shape index (κ2) is 5.67. The number of likely N-dealkylation sites (tertiary alicyclic amines) is 1. The Hall–Kier alpha value is -2.83. The number of aromatic nitrogens is 2. The van der Waals surface area contributed by atoms with Gasteiger partial charge in [-0.05, 0) is 38.0 Å². The fourth-order valence-corrected chi connectivity index (χ4v) is 3.00. The van der Waals surface area contributed by atoms with Gasteiger partial charge in [-0.15, -0.1) is 0 Å². The summed E-state index contributed by atoms with van der Waals surface area (Å²) in [5.74, 6) is 0.449. The molecule has 0 unspecified atom stereocenters. The molecule has 0 spiro atoms. The molecule has 1 amide bonds. The van der Waals surface area contributed by atoms with Gasteiger partial charge < -0.3 is 19.1 Å². The Morgan fingerprint density at radius 2 is 2.25 bits per heavy atom. The molecule has 1 fully saturated rings. The molecule has 0 radical (unpaired) electrons. The van der Waals surface area contributed by atoms with Crippen LogP contribution in [0.5, 0.6) is 0 Å². The number of aryl methyl sites for hydroxylation is 2. The number of oxazole rings is 2. The van der Waals surface area contributed by atoms with E-state index in [2.05, 4.69) is 15.3 Å². The number of rotatable bonds is 3. The first kappa shape index (κ1) is 14.7. The van der Waals surface area contributed by atoms with Crippen LogP contribution in [0, 0.1) is 13.8 Å². The van der Waals surface area contributed by atoms with Gasteiger partial charge in [0.25, 0.3) is 11.9 Å². The minimum atomic E-state index is -0.0984. The van der Waals surface area contributed by atoms with Gasteiger partial charge in [0, 0.05) is 19.1 Å². The molecule has 1 aliphatic rings. The van der Waals surface area contributed by atoms with Crippen LogP contribution in [0.1, 0.15) is 28.2 Å². The van der Waals surface area contributed by atoms with Gasteiger partial charge in [0.05, 0.1) is 0 Å². The molecule has 7 heteroatoms. The Morgan fingerprint density at radius 3 is 3.04 bits per heavy atom.